The molecule has 0 aliphatic heterocycles. The van der Waals surface area contributed by atoms with E-state index < -0.39 is 6.10 Å². The highest BCUT2D eigenvalue weighted by molar-refractivity contribution is 9.10. The molecule has 1 saturated carbocycles. The Labute approximate surface area is 98.6 Å². The van der Waals surface area contributed by atoms with Crippen LogP contribution in [0.5, 0.6) is 0 Å². The van der Waals surface area contributed by atoms with Crippen molar-refractivity contribution in [2.75, 3.05) is 6.54 Å². The Morgan fingerprint density at radius 3 is 2.53 bits per heavy atom. The molecule has 0 heterocycles. The second-order valence-electron chi connectivity index (χ2n) is 4.24. The first-order valence-corrected chi connectivity index (χ1v) is 6.13. The minimum absolute atomic E-state index is 0.102. The molecular formula is C12H16BrNO. The van der Waals surface area contributed by atoms with Crippen LogP contribution >= 0.6 is 15.9 Å². The Morgan fingerprint density at radius 2 is 2.07 bits per heavy atom. The lowest BCUT2D eigenvalue weighted by molar-refractivity contribution is 0.0342. The van der Waals surface area contributed by atoms with Gasteiger partial charge < -0.3 is 10.8 Å². The predicted molar refractivity (Wildman–Crippen MR) is 64.7 cm³/mol. The van der Waals surface area contributed by atoms with E-state index in [4.69, 9.17) is 5.73 Å². The van der Waals surface area contributed by atoms with E-state index in [1.165, 1.54) is 12.0 Å². The Kier molecular flexibility index (Phi) is 3.14. The summed E-state index contributed by atoms with van der Waals surface area (Å²) in [4.78, 5) is 0. The molecule has 0 radical (unpaired) electrons. The second-order valence-corrected chi connectivity index (χ2v) is 5.10. The number of rotatable bonds is 3. The summed E-state index contributed by atoms with van der Waals surface area (Å²) in [7, 11) is 0. The van der Waals surface area contributed by atoms with Gasteiger partial charge in [-0.3, -0.25) is 0 Å². The van der Waals surface area contributed by atoms with Gasteiger partial charge in [-0.25, -0.2) is 0 Å². The first-order chi connectivity index (χ1) is 7.20. The summed E-state index contributed by atoms with van der Waals surface area (Å²) in [5.41, 5.74) is 6.69. The van der Waals surface area contributed by atoms with Crippen LogP contribution in [0, 0.1) is 0 Å². The lowest BCUT2D eigenvalue weighted by Gasteiger charge is -2.46. The molecule has 1 aromatic carbocycles. The van der Waals surface area contributed by atoms with Gasteiger partial charge in [-0.15, -0.1) is 0 Å². The second kappa shape index (κ2) is 4.24. The molecule has 1 fully saturated rings. The fourth-order valence-electron chi connectivity index (χ4n) is 2.43. The molecule has 3 heteroatoms. The van der Waals surface area contributed by atoms with Crippen molar-refractivity contribution in [2.24, 2.45) is 5.73 Å². The summed E-state index contributed by atoms with van der Waals surface area (Å²) in [5, 5.41) is 10.1. The Bertz CT molecular complexity index is 349. The van der Waals surface area contributed by atoms with Crippen molar-refractivity contribution in [3.63, 3.8) is 0 Å². The van der Waals surface area contributed by atoms with Gasteiger partial charge in [0.05, 0.1) is 6.10 Å². The molecule has 2 rings (SSSR count). The minimum atomic E-state index is -0.426. The van der Waals surface area contributed by atoms with Crippen molar-refractivity contribution in [1.82, 2.24) is 0 Å². The molecular weight excluding hydrogens is 254 g/mol. The molecule has 1 aliphatic carbocycles. The third-order valence-corrected chi connectivity index (χ3v) is 4.21. The summed E-state index contributed by atoms with van der Waals surface area (Å²) < 4.78 is 1.08. The molecule has 1 unspecified atom stereocenters. The van der Waals surface area contributed by atoms with E-state index in [1.807, 2.05) is 18.2 Å². The molecule has 82 valence electrons. The van der Waals surface area contributed by atoms with Gasteiger partial charge in [0.15, 0.2) is 0 Å². The standard InChI is InChI=1S/C12H16BrNO/c13-10-5-2-1-4-9(10)12(6-3-7-12)11(15)8-14/h1-2,4-5,11,15H,3,6-8,14H2. The average molecular weight is 270 g/mol. The summed E-state index contributed by atoms with van der Waals surface area (Å²) in [6.45, 7) is 0.335. The maximum atomic E-state index is 10.1. The molecule has 0 bridgehead atoms. The van der Waals surface area contributed by atoms with Gasteiger partial charge >= 0.3 is 0 Å². The third-order valence-electron chi connectivity index (χ3n) is 3.52. The molecule has 2 nitrogen and oxygen atoms in total. The first kappa shape index (κ1) is 11.1. The van der Waals surface area contributed by atoms with E-state index in [1.54, 1.807) is 0 Å². The van der Waals surface area contributed by atoms with E-state index in [9.17, 15) is 5.11 Å². The van der Waals surface area contributed by atoms with Crippen molar-refractivity contribution >= 4 is 15.9 Å². The van der Waals surface area contributed by atoms with E-state index in [2.05, 4.69) is 22.0 Å². The summed E-state index contributed by atoms with van der Waals surface area (Å²) >= 11 is 3.55. The van der Waals surface area contributed by atoms with Crippen LogP contribution in [0.2, 0.25) is 0 Å². The Morgan fingerprint density at radius 1 is 1.40 bits per heavy atom. The number of halogens is 1. The summed E-state index contributed by atoms with van der Waals surface area (Å²) in [5.74, 6) is 0. The quantitative estimate of drug-likeness (QED) is 0.884. The van der Waals surface area contributed by atoms with Crippen LogP contribution in [0.1, 0.15) is 24.8 Å². The number of benzene rings is 1. The normalized spacial score (nSPS) is 20.7. The lowest BCUT2D eigenvalue weighted by Crippen LogP contribution is -2.49. The van der Waals surface area contributed by atoms with Crippen LogP contribution in [0.4, 0.5) is 0 Å². The Hall–Kier alpha value is -0.380. The largest absolute Gasteiger partial charge is 0.391 e. The van der Waals surface area contributed by atoms with Crippen LogP contribution < -0.4 is 5.73 Å². The summed E-state index contributed by atoms with van der Waals surface area (Å²) in [6, 6.07) is 8.12. The molecule has 1 aliphatic rings. The van der Waals surface area contributed by atoms with Crippen molar-refractivity contribution in [3.05, 3.63) is 34.3 Å². The monoisotopic (exact) mass is 269 g/mol. The van der Waals surface area contributed by atoms with Crippen molar-refractivity contribution in [3.8, 4) is 0 Å². The highest BCUT2D eigenvalue weighted by Crippen LogP contribution is 2.48. The third kappa shape index (κ3) is 1.73. The first-order valence-electron chi connectivity index (χ1n) is 5.34. The molecule has 0 saturated heterocycles. The fourth-order valence-corrected chi connectivity index (χ4v) is 3.11. The number of aliphatic hydroxyl groups is 1. The zero-order valence-corrected chi connectivity index (χ0v) is 10.2. The predicted octanol–water partition coefficient (Wildman–Crippen LogP) is 2.19. The highest BCUT2D eigenvalue weighted by Gasteiger charge is 2.45. The van der Waals surface area contributed by atoms with Crippen molar-refractivity contribution in [2.45, 2.75) is 30.8 Å². The van der Waals surface area contributed by atoms with E-state index in [0.29, 0.717) is 6.54 Å². The van der Waals surface area contributed by atoms with E-state index in [-0.39, 0.29) is 5.41 Å². The maximum absolute atomic E-state index is 10.1. The molecule has 3 N–H and O–H groups in total. The van der Waals surface area contributed by atoms with Gasteiger partial charge in [-0.05, 0) is 24.5 Å². The van der Waals surface area contributed by atoms with Crippen LogP contribution in [-0.2, 0) is 5.41 Å². The van der Waals surface area contributed by atoms with E-state index >= 15 is 0 Å². The van der Waals surface area contributed by atoms with Crippen molar-refractivity contribution in [1.29, 1.82) is 0 Å². The molecule has 0 aromatic heterocycles. The van der Waals surface area contributed by atoms with Gasteiger partial charge in [0.2, 0.25) is 0 Å². The average Bonchev–Trinajstić information content (AvgIpc) is 2.19. The number of nitrogens with two attached hydrogens (primary N) is 1. The van der Waals surface area contributed by atoms with Gasteiger partial charge in [0.1, 0.15) is 0 Å². The smallest absolute Gasteiger partial charge is 0.0759 e. The lowest BCUT2D eigenvalue weighted by atomic mass is 9.61. The van der Waals surface area contributed by atoms with Gasteiger partial charge in [0, 0.05) is 16.4 Å². The number of hydrogen-bond donors (Lipinski definition) is 2. The minimum Gasteiger partial charge on any atom is -0.391 e. The molecule has 0 amide bonds. The maximum Gasteiger partial charge on any atom is 0.0759 e. The SMILES string of the molecule is NCC(O)C1(c2ccccc2Br)CCC1. The molecule has 0 spiro atoms. The topological polar surface area (TPSA) is 46.2 Å². The zero-order valence-electron chi connectivity index (χ0n) is 8.62. The number of hydrogen-bond acceptors (Lipinski definition) is 2. The molecule has 15 heavy (non-hydrogen) atoms. The van der Waals surface area contributed by atoms with E-state index in [0.717, 1.165) is 17.3 Å². The molecule has 1 aromatic rings. The summed E-state index contributed by atoms with van der Waals surface area (Å²) in [6.07, 6.45) is 2.82. The van der Waals surface area contributed by atoms with Crippen LogP contribution in [-0.4, -0.2) is 17.8 Å². The van der Waals surface area contributed by atoms with Crippen LogP contribution in [0.15, 0.2) is 28.7 Å². The van der Waals surface area contributed by atoms with Gasteiger partial charge in [0.25, 0.3) is 0 Å². The molecule has 1 atom stereocenters. The van der Waals surface area contributed by atoms with Gasteiger partial charge in [-0.1, -0.05) is 40.5 Å². The van der Waals surface area contributed by atoms with Crippen LogP contribution in [0.25, 0.3) is 0 Å². The van der Waals surface area contributed by atoms with Crippen molar-refractivity contribution < 1.29 is 5.11 Å². The van der Waals surface area contributed by atoms with Crippen LogP contribution in [0.3, 0.4) is 0 Å². The fraction of sp³-hybridized carbons (Fsp3) is 0.500. The zero-order chi connectivity index (χ0) is 10.9. The van der Waals surface area contributed by atoms with Gasteiger partial charge in [-0.2, -0.15) is 0 Å². The number of aliphatic hydroxyl groups excluding tert-OH is 1. The highest BCUT2D eigenvalue weighted by atomic mass is 79.9. The Balaban J connectivity index is 2.38.